The van der Waals surface area contributed by atoms with Crippen molar-refractivity contribution >= 4 is 21.6 Å². The lowest BCUT2D eigenvalue weighted by molar-refractivity contribution is 0.0735. The summed E-state index contributed by atoms with van der Waals surface area (Å²) in [5, 5.41) is 0. The monoisotopic (exact) mass is 402 g/mol. The second kappa shape index (κ2) is 7.01. The number of amides is 1. The molecule has 7 nitrogen and oxygen atoms in total. The molecule has 1 saturated heterocycles. The maximum Gasteiger partial charge on any atom is 0.254 e. The summed E-state index contributed by atoms with van der Waals surface area (Å²) in [5.74, 6) is 1.30. The summed E-state index contributed by atoms with van der Waals surface area (Å²) in [6.45, 7) is 2.67. The van der Waals surface area contributed by atoms with Gasteiger partial charge in [-0.05, 0) is 55.2 Å². The molecule has 148 valence electrons. The number of benzene rings is 2. The highest BCUT2D eigenvalue weighted by molar-refractivity contribution is 7.92. The minimum atomic E-state index is -3.42. The summed E-state index contributed by atoms with van der Waals surface area (Å²) in [6, 6.07) is 10.8. The SMILES string of the molecule is Cc1ccc(C(=O)N2CCCC2c2ccc3c(c2)OCO3)cc1NS(C)(=O)=O. The van der Waals surface area contributed by atoms with Crippen LogP contribution in [0.25, 0.3) is 0 Å². The Kier molecular flexibility index (Phi) is 4.66. The van der Waals surface area contributed by atoms with Crippen LogP contribution in [0, 0.1) is 6.92 Å². The fourth-order valence-corrected chi connectivity index (χ4v) is 4.33. The third-order valence-electron chi connectivity index (χ3n) is 5.07. The largest absolute Gasteiger partial charge is 0.454 e. The van der Waals surface area contributed by atoms with Crippen molar-refractivity contribution in [2.24, 2.45) is 0 Å². The van der Waals surface area contributed by atoms with Crippen LogP contribution in [0.5, 0.6) is 11.5 Å². The molecule has 2 aromatic rings. The molecule has 1 N–H and O–H groups in total. The fourth-order valence-electron chi connectivity index (χ4n) is 3.71. The lowest BCUT2D eigenvalue weighted by Gasteiger charge is -2.26. The highest BCUT2D eigenvalue weighted by Gasteiger charge is 2.32. The summed E-state index contributed by atoms with van der Waals surface area (Å²) < 4.78 is 36.5. The van der Waals surface area contributed by atoms with E-state index in [1.807, 2.05) is 23.1 Å². The summed E-state index contributed by atoms with van der Waals surface area (Å²) in [4.78, 5) is 15.0. The minimum absolute atomic E-state index is 0.0466. The highest BCUT2D eigenvalue weighted by atomic mass is 32.2. The van der Waals surface area contributed by atoms with E-state index in [0.717, 1.165) is 36.0 Å². The van der Waals surface area contributed by atoms with E-state index in [1.165, 1.54) is 0 Å². The molecular weight excluding hydrogens is 380 g/mol. The van der Waals surface area contributed by atoms with Gasteiger partial charge < -0.3 is 14.4 Å². The number of carbonyl (C=O) groups excluding carboxylic acids is 1. The number of hydrogen-bond donors (Lipinski definition) is 1. The van der Waals surface area contributed by atoms with Crippen molar-refractivity contribution in [3.05, 3.63) is 53.1 Å². The molecule has 1 amide bonds. The number of carbonyl (C=O) groups is 1. The Balaban J connectivity index is 1.61. The van der Waals surface area contributed by atoms with Crippen molar-refractivity contribution in [1.82, 2.24) is 4.90 Å². The van der Waals surface area contributed by atoms with Gasteiger partial charge in [-0.2, -0.15) is 0 Å². The number of sulfonamides is 1. The number of aryl methyl sites for hydroxylation is 1. The molecule has 2 aromatic carbocycles. The number of nitrogens with zero attached hydrogens (tertiary/aromatic N) is 1. The second-order valence-corrected chi connectivity index (χ2v) is 8.92. The molecule has 0 radical (unpaired) electrons. The first-order valence-corrected chi connectivity index (χ1v) is 11.0. The van der Waals surface area contributed by atoms with Crippen LogP contribution in [-0.4, -0.2) is 38.8 Å². The Hall–Kier alpha value is -2.74. The highest BCUT2D eigenvalue weighted by Crippen LogP contribution is 2.39. The predicted molar refractivity (Wildman–Crippen MR) is 105 cm³/mol. The van der Waals surface area contributed by atoms with Crippen LogP contribution in [0.1, 0.15) is 40.4 Å². The van der Waals surface area contributed by atoms with Gasteiger partial charge in [0.05, 0.1) is 18.0 Å². The topological polar surface area (TPSA) is 84.9 Å². The molecule has 28 heavy (non-hydrogen) atoms. The molecule has 1 fully saturated rings. The fraction of sp³-hybridized carbons (Fsp3) is 0.350. The third kappa shape index (κ3) is 3.64. The zero-order valence-electron chi connectivity index (χ0n) is 15.8. The van der Waals surface area contributed by atoms with Gasteiger partial charge in [0.1, 0.15) is 0 Å². The van der Waals surface area contributed by atoms with E-state index in [1.54, 1.807) is 25.1 Å². The molecule has 2 aliphatic rings. The molecule has 0 bridgehead atoms. The van der Waals surface area contributed by atoms with Crippen molar-refractivity contribution in [2.75, 3.05) is 24.3 Å². The van der Waals surface area contributed by atoms with E-state index in [2.05, 4.69) is 4.72 Å². The summed E-state index contributed by atoms with van der Waals surface area (Å²) in [6.07, 6.45) is 2.87. The van der Waals surface area contributed by atoms with Crippen LogP contribution in [0.4, 0.5) is 5.69 Å². The van der Waals surface area contributed by atoms with Crippen LogP contribution < -0.4 is 14.2 Å². The van der Waals surface area contributed by atoms with Crippen LogP contribution in [-0.2, 0) is 10.0 Å². The van der Waals surface area contributed by atoms with E-state index in [4.69, 9.17) is 9.47 Å². The van der Waals surface area contributed by atoms with Crippen LogP contribution in [0.3, 0.4) is 0 Å². The molecule has 1 unspecified atom stereocenters. The Morgan fingerprint density at radius 2 is 1.93 bits per heavy atom. The van der Waals surface area contributed by atoms with E-state index in [0.29, 0.717) is 23.5 Å². The summed E-state index contributed by atoms with van der Waals surface area (Å²) in [7, 11) is -3.42. The summed E-state index contributed by atoms with van der Waals surface area (Å²) >= 11 is 0. The van der Waals surface area contributed by atoms with E-state index >= 15 is 0 Å². The van der Waals surface area contributed by atoms with Gasteiger partial charge in [0, 0.05) is 12.1 Å². The van der Waals surface area contributed by atoms with Crippen molar-refractivity contribution in [1.29, 1.82) is 0 Å². The quantitative estimate of drug-likeness (QED) is 0.850. The first kappa shape index (κ1) is 18.6. The maximum atomic E-state index is 13.2. The molecule has 2 aliphatic heterocycles. The average molecular weight is 402 g/mol. The first-order chi connectivity index (χ1) is 13.3. The van der Waals surface area contributed by atoms with Gasteiger partial charge in [-0.25, -0.2) is 8.42 Å². The van der Waals surface area contributed by atoms with E-state index in [9.17, 15) is 13.2 Å². The van der Waals surface area contributed by atoms with Crippen LogP contribution in [0.2, 0.25) is 0 Å². The minimum Gasteiger partial charge on any atom is -0.454 e. The van der Waals surface area contributed by atoms with Crippen molar-refractivity contribution in [3.8, 4) is 11.5 Å². The van der Waals surface area contributed by atoms with Crippen molar-refractivity contribution in [3.63, 3.8) is 0 Å². The zero-order chi connectivity index (χ0) is 19.9. The van der Waals surface area contributed by atoms with Gasteiger partial charge in [0.25, 0.3) is 5.91 Å². The number of anilines is 1. The van der Waals surface area contributed by atoms with Crippen LogP contribution >= 0.6 is 0 Å². The smallest absolute Gasteiger partial charge is 0.254 e. The van der Waals surface area contributed by atoms with Crippen molar-refractivity contribution in [2.45, 2.75) is 25.8 Å². The Morgan fingerprint density at radius 1 is 1.14 bits per heavy atom. The number of ether oxygens (including phenoxy) is 2. The van der Waals surface area contributed by atoms with E-state index in [-0.39, 0.29) is 18.7 Å². The molecule has 4 rings (SSSR count). The molecule has 0 aliphatic carbocycles. The average Bonchev–Trinajstić information content (AvgIpc) is 3.30. The van der Waals surface area contributed by atoms with Gasteiger partial charge in [0.2, 0.25) is 16.8 Å². The number of nitrogens with one attached hydrogen (secondary N) is 1. The van der Waals surface area contributed by atoms with Gasteiger partial charge in [-0.1, -0.05) is 12.1 Å². The van der Waals surface area contributed by atoms with Gasteiger partial charge in [0.15, 0.2) is 11.5 Å². The van der Waals surface area contributed by atoms with E-state index < -0.39 is 10.0 Å². The molecule has 2 heterocycles. The van der Waals surface area contributed by atoms with Gasteiger partial charge in [-0.3, -0.25) is 9.52 Å². The molecule has 8 heteroatoms. The van der Waals surface area contributed by atoms with Gasteiger partial charge in [-0.15, -0.1) is 0 Å². The number of rotatable bonds is 4. The molecule has 0 spiro atoms. The Bertz CT molecular complexity index is 1030. The lowest BCUT2D eigenvalue weighted by atomic mass is 10.0. The van der Waals surface area contributed by atoms with Crippen molar-refractivity contribution < 1.29 is 22.7 Å². The first-order valence-electron chi connectivity index (χ1n) is 9.11. The Morgan fingerprint density at radius 3 is 2.71 bits per heavy atom. The standard InChI is InChI=1S/C20H22N2O5S/c1-13-5-6-15(10-16(13)21-28(2,24)25)20(23)22-9-3-4-17(22)14-7-8-18-19(11-14)27-12-26-18/h5-8,10-11,17,21H,3-4,9,12H2,1-2H3. The summed E-state index contributed by atoms with van der Waals surface area (Å²) in [5.41, 5.74) is 2.66. The third-order valence-corrected chi connectivity index (χ3v) is 5.67. The number of likely N-dealkylation sites (tertiary alicyclic amines) is 1. The maximum absolute atomic E-state index is 13.2. The molecule has 0 aromatic heterocycles. The Labute approximate surface area is 164 Å². The van der Waals surface area contributed by atoms with Gasteiger partial charge >= 0.3 is 0 Å². The lowest BCUT2D eigenvalue weighted by Crippen LogP contribution is -2.30. The van der Waals surface area contributed by atoms with Crippen LogP contribution in [0.15, 0.2) is 36.4 Å². The molecular formula is C20H22N2O5S. The number of fused-ring (bicyclic) bond motifs is 1. The predicted octanol–water partition coefficient (Wildman–Crippen LogP) is 3.07. The number of hydrogen-bond acceptors (Lipinski definition) is 5. The normalized spacial score (nSPS) is 18.4. The zero-order valence-corrected chi connectivity index (χ0v) is 16.6. The second-order valence-electron chi connectivity index (χ2n) is 7.17. The molecule has 1 atom stereocenters. The molecule has 0 saturated carbocycles.